The minimum Gasteiger partial charge on any atom is -0.390 e. The highest BCUT2D eigenvalue weighted by molar-refractivity contribution is 5.80. The molecule has 3 aromatic rings. The van der Waals surface area contributed by atoms with Crippen molar-refractivity contribution in [1.29, 1.82) is 0 Å². The van der Waals surface area contributed by atoms with Crippen LogP contribution in [0.25, 0.3) is 10.9 Å². The Labute approximate surface area is 192 Å². The van der Waals surface area contributed by atoms with E-state index >= 15 is 0 Å². The first kappa shape index (κ1) is 24.8. The molecular formula is C25H31F2N3O3. The smallest absolute Gasteiger partial charge is 0.222 e. The number of ether oxygens (including phenoxy) is 1. The van der Waals surface area contributed by atoms with Crippen molar-refractivity contribution in [2.24, 2.45) is 0 Å². The average Bonchev–Trinajstić information content (AvgIpc) is 3.18. The molecule has 0 aliphatic carbocycles. The number of hydrogen-bond acceptors (Lipinski definition) is 4. The van der Waals surface area contributed by atoms with E-state index in [0.29, 0.717) is 18.7 Å². The summed E-state index contributed by atoms with van der Waals surface area (Å²) >= 11 is 0. The molecule has 1 heterocycles. The summed E-state index contributed by atoms with van der Waals surface area (Å²) in [6.45, 7) is 3.03. The lowest BCUT2D eigenvalue weighted by molar-refractivity contribution is -0.122. The number of halogens is 2. The van der Waals surface area contributed by atoms with Gasteiger partial charge < -0.3 is 25.0 Å². The minimum absolute atomic E-state index is 0.00497. The van der Waals surface area contributed by atoms with E-state index in [1.807, 2.05) is 48.0 Å². The Kier molecular flexibility index (Phi) is 8.94. The number of carbonyl (C=O) groups is 1. The van der Waals surface area contributed by atoms with E-state index in [1.165, 1.54) is 12.1 Å². The quantitative estimate of drug-likeness (QED) is 0.389. The summed E-state index contributed by atoms with van der Waals surface area (Å²) in [7, 11) is 1.59. The molecule has 6 nitrogen and oxygen atoms in total. The Morgan fingerprint density at radius 2 is 1.88 bits per heavy atom. The van der Waals surface area contributed by atoms with E-state index in [0.717, 1.165) is 17.0 Å². The number of aromatic nitrogens is 1. The first-order valence-corrected chi connectivity index (χ1v) is 11.0. The number of hydrogen-bond donors (Lipinski definition) is 3. The molecule has 3 rings (SSSR count). The van der Waals surface area contributed by atoms with Gasteiger partial charge in [0.05, 0.1) is 18.8 Å². The highest BCUT2D eigenvalue weighted by Crippen LogP contribution is 2.16. The lowest BCUT2D eigenvalue weighted by atomic mass is 10.00. The molecule has 0 bridgehead atoms. The SMILES string of the molecule is COCC(C)NC[C@H](O)[C@H](Cc1cc(F)cc(F)c1)NC(=O)CCn1ccc2ccccc21. The van der Waals surface area contributed by atoms with Gasteiger partial charge in [-0.15, -0.1) is 0 Å². The largest absolute Gasteiger partial charge is 0.390 e. The van der Waals surface area contributed by atoms with Gasteiger partial charge in [0, 0.05) is 50.4 Å². The fourth-order valence-corrected chi connectivity index (χ4v) is 3.88. The molecule has 1 aromatic heterocycles. The van der Waals surface area contributed by atoms with Crippen LogP contribution in [0, 0.1) is 11.6 Å². The predicted octanol–water partition coefficient (Wildman–Crippen LogP) is 3.02. The van der Waals surface area contributed by atoms with E-state index in [9.17, 15) is 18.7 Å². The fourth-order valence-electron chi connectivity index (χ4n) is 3.88. The van der Waals surface area contributed by atoms with Gasteiger partial charge in [0.15, 0.2) is 0 Å². The highest BCUT2D eigenvalue weighted by Gasteiger charge is 2.23. The number of fused-ring (bicyclic) bond motifs is 1. The van der Waals surface area contributed by atoms with Crippen molar-refractivity contribution in [1.82, 2.24) is 15.2 Å². The number of amides is 1. The summed E-state index contributed by atoms with van der Waals surface area (Å²) in [6, 6.07) is 12.4. The van der Waals surface area contributed by atoms with Crippen molar-refractivity contribution in [2.75, 3.05) is 20.3 Å². The summed E-state index contributed by atoms with van der Waals surface area (Å²) < 4.78 is 34.4. The Bertz CT molecular complexity index is 1040. The van der Waals surface area contributed by atoms with Gasteiger partial charge in [0.1, 0.15) is 11.6 Å². The molecule has 0 fully saturated rings. The number of para-hydroxylation sites is 1. The monoisotopic (exact) mass is 459 g/mol. The second-order valence-corrected chi connectivity index (χ2v) is 8.31. The van der Waals surface area contributed by atoms with Crippen molar-refractivity contribution in [2.45, 2.75) is 44.5 Å². The lowest BCUT2D eigenvalue weighted by Crippen LogP contribution is -2.50. The van der Waals surface area contributed by atoms with Crippen LogP contribution in [0.3, 0.4) is 0 Å². The maximum Gasteiger partial charge on any atom is 0.222 e. The van der Waals surface area contributed by atoms with Gasteiger partial charge in [-0.1, -0.05) is 18.2 Å². The van der Waals surface area contributed by atoms with E-state index in [1.54, 1.807) is 7.11 Å². The second kappa shape index (κ2) is 11.9. The summed E-state index contributed by atoms with van der Waals surface area (Å²) in [5, 5.41) is 17.8. The third-order valence-electron chi connectivity index (χ3n) is 5.54. The molecule has 0 spiro atoms. The normalized spacial score (nSPS) is 14.2. The van der Waals surface area contributed by atoms with Crippen LogP contribution in [0.15, 0.2) is 54.7 Å². The zero-order valence-corrected chi connectivity index (χ0v) is 18.9. The zero-order chi connectivity index (χ0) is 23.8. The third kappa shape index (κ3) is 7.35. The van der Waals surface area contributed by atoms with Gasteiger partial charge in [0.2, 0.25) is 5.91 Å². The van der Waals surface area contributed by atoms with Crippen LogP contribution in [-0.4, -0.2) is 54.0 Å². The summed E-state index contributed by atoms with van der Waals surface area (Å²) in [5.41, 5.74) is 1.40. The van der Waals surface area contributed by atoms with Gasteiger partial charge in [0.25, 0.3) is 0 Å². The van der Waals surface area contributed by atoms with Gasteiger partial charge in [-0.05, 0) is 48.6 Å². The van der Waals surface area contributed by atoms with Crippen LogP contribution in [0.1, 0.15) is 18.9 Å². The first-order chi connectivity index (χ1) is 15.9. The Morgan fingerprint density at radius 3 is 2.61 bits per heavy atom. The summed E-state index contributed by atoms with van der Waals surface area (Å²) in [6.07, 6.45) is 1.26. The fraction of sp³-hybridized carbons (Fsp3) is 0.400. The molecule has 1 unspecified atom stereocenters. The van der Waals surface area contributed by atoms with Crippen molar-refractivity contribution in [3.8, 4) is 0 Å². The number of aliphatic hydroxyl groups is 1. The average molecular weight is 460 g/mol. The predicted molar refractivity (Wildman–Crippen MR) is 124 cm³/mol. The zero-order valence-electron chi connectivity index (χ0n) is 18.9. The number of nitrogens with one attached hydrogen (secondary N) is 2. The molecule has 0 radical (unpaired) electrons. The number of aryl methyl sites for hydroxylation is 1. The van der Waals surface area contributed by atoms with Crippen molar-refractivity contribution >= 4 is 16.8 Å². The van der Waals surface area contributed by atoms with Crippen LogP contribution < -0.4 is 10.6 Å². The van der Waals surface area contributed by atoms with E-state index in [4.69, 9.17) is 4.74 Å². The molecule has 8 heteroatoms. The van der Waals surface area contributed by atoms with Gasteiger partial charge >= 0.3 is 0 Å². The number of methoxy groups -OCH3 is 1. The minimum atomic E-state index is -0.966. The number of aliphatic hydroxyl groups excluding tert-OH is 1. The van der Waals surface area contributed by atoms with Crippen LogP contribution >= 0.6 is 0 Å². The maximum absolute atomic E-state index is 13.7. The van der Waals surface area contributed by atoms with Gasteiger partial charge in [-0.2, -0.15) is 0 Å². The van der Waals surface area contributed by atoms with Crippen molar-refractivity contribution in [3.05, 3.63) is 71.9 Å². The summed E-state index contributed by atoms with van der Waals surface area (Å²) in [5.74, 6) is -1.65. The third-order valence-corrected chi connectivity index (χ3v) is 5.54. The topological polar surface area (TPSA) is 75.5 Å². The maximum atomic E-state index is 13.7. The van der Waals surface area contributed by atoms with E-state index < -0.39 is 23.8 Å². The molecule has 1 amide bonds. The number of nitrogens with zero attached hydrogens (tertiary/aromatic N) is 1. The van der Waals surface area contributed by atoms with Crippen LogP contribution in [0.2, 0.25) is 0 Å². The Morgan fingerprint density at radius 1 is 1.15 bits per heavy atom. The van der Waals surface area contributed by atoms with Gasteiger partial charge in [-0.25, -0.2) is 8.78 Å². The number of benzene rings is 2. The Hall–Kier alpha value is -2.81. The highest BCUT2D eigenvalue weighted by atomic mass is 19.1. The molecule has 178 valence electrons. The molecule has 33 heavy (non-hydrogen) atoms. The number of rotatable bonds is 12. The Balaban J connectivity index is 1.65. The van der Waals surface area contributed by atoms with Crippen molar-refractivity contribution in [3.63, 3.8) is 0 Å². The molecule has 2 aromatic carbocycles. The first-order valence-electron chi connectivity index (χ1n) is 11.0. The number of carbonyl (C=O) groups excluding carboxylic acids is 1. The lowest BCUT2D eigenvalue weighted by Gasteiger charge is -2.26. The molecule has 0 aliphatic rings. The second-order valence-electron chi connectivity index (χ2n) is 8.31. The molecule has 0 saturated heterocycles. The molecule has 0 aliphatic heterocycles. The molecule has 3 atom stereocenters. The van der Waals surface area contributed by atoms with Crippen LogP contribution in [0.5, 0.6) is 0 Å². The van der Waals surface area contributed by atoms with E-state index in [2.05, 4.69) is 10.6 Å². The standard InChI is InChI=1S/C25H31F2N3O3/c1-17(16-33-2)28-15-24(31)22(13-18-11-20(26)14-21(27)12-18)29-25(32)8-10-30-9-7-19-5-3-4-6-23(19)30/h3-7,9,11-12,14,17,22,24,28,31H,8,10,13,15-16H2,1-2H3,(H,29,32)/t17?,22-,24-/m0/s1. The van der Waals surface area contributed by atoms with Crippen molar-refractivity contribution < 1.29 is 23.4 Å². The molecule has 3 N–H and O–H groups in total. The summed E-state index contributed by atoms with van der Waals surface area (Å²) in [4.78, 5) is 12.7. The molecule has 0 saturated carbocycles. The van der Waals surface area contributed by atoms with Crippen LogP contribution in [-0.2, 0) is 22.5 Å². The van der Waals surface area contributed by atoms with Crippen LogP contribution in [0.4, 0.5) is 8.78 Å². The molecular weight excluding hydrogens is 428 g/mol. The van der Waals surface area contributed by atoms with Gasteiger partial charge in [-0.3, -0.25) is 4.79 Å². The van der Waals surface area contributed by atoms with E-state index in [-0.39, 0.29) is 31.3 Å².